The van der Waals surface area contributed by atoms with E-state index in [0.29, 0.717) is 0 Å². The SMILES string of the molecule is Ic1ccccc1C1=Cc2ccccc2C1. The van der Waals surface area contributed by atoms with Gasteiger partial charge in [-0.25, -0.2) is 0 Å². The van der Waals surface area contributed by atoms with Crippen LogP contribution in [0, 0.1) is 3.57 Å². The van der Waals surface area contributed by atoms with Gasteiger partial charge in [-0.3, -0.25) is 0 Å². The molecule has 0 atom stereocenters. The molecule has 0 fully saturated rings. The molecule has 0 unspecified atom stereocenters. The predicted molar refractivity (Wildman–Crippen MR) is 77.2 cm³/mol. The van der Waals surface area contributed by atoms with Crippen molar-refractivity contribution in [2.24, 2.45) is 0 Å². The molecule has 16 heavy (non-hydrogen) atoms. The fourth-order valence-corrected chi connectivity index (χ4v) is 2.91. The summed E-state index contributed by atoms with van der Waals surface area (Å²) in [7, 11) is 0. The van der Waals surface area contributed by atoms with Gasteiger partial charge in [0, 0.05) is 3.57 Å². The highest BCUT2D eigenvalue weighted by Gasteiger charge is 2.14. The van der Waals surface area contributed by atoms with Gasteiger partial charge in [0.05, 0.1) is 0 Å². The number of rotatable bonds is 1. The van der Waals surface area contributed by atoms with Gasteiger partial charge in [0.25, 0.3) is 0 Å². The molecule has 2 aromatic rings. The van der Waals surface area contributed by atoms with Gasteiger partial charge in [-0.05, 0) is 57.3 Å². The van der Waals surface area contributed by atoms with Gasteiger partial charge in [-0.1, -0.05) is 48.5 Å². The molecule has 0 spiro atoms. The lowest BCUT2D eigenvalue weighted by molar-refractivity contribution is 1.31. The van der Waals surface area contributed by atoms with Gasteiger partial charge in [-0.2, -0.15) is 0 Å². The maximum Gasteiger partial charge on any atom is 0.0205 e. The average molecular weight is 318 g/mol. The van der Waals surface area contributed by atoms with Crippen molar-refractivity contribution in [2.45, 2.75) is 6.42 Å². The number of allylic oxidation sites excluding steroid dienone is 1. The van der Waals surface area contributed by atoms with Gasteiger partial charge in [0.15, 0.2) is 0 Å². The van der Waals surface area contributed by atoms with E-state index in [2.05, 4.69) is 77.2 Å². The molecule has 0 N–H and O–H groups in total. The molecule has 3 rings (SSSR count). The van der Waals surface area contributed by atoms with Gasteiger partial charge in [0.2, 0.25) is 0 Å². The van der Waals surface area contributed by atoms with Crippen molar-refractivity contribution in [1.29, 1.82) is 0 Å². The molecule has 0 heterocycles. The van der Waals surface area contributed by atoms with Crippen molar-refractivity contribution < 1.29 is 0 Å². The number of fused-ring (bicyclic) bond motifs is 1. The second-order valence-electron chi connectivity index (χ2n) is 4.03. The molecule has 0 radical (unpaired) electrons. The molecular formula is C15H11I. The third kappa shape index (κ3) is 1.69. The van der Waals surface area contributed by atoms with Crippen LogP contribution in [0.3, 0.4) is 0 Å². The second-order valence-corrected chi connectivity index (χ2v) is 5.19. The minimum Gasteiger partial charge on any atom is -0.0619 e. The zero-order valence-electron chi connectivity index (χ0n) is 8.78. The topological polar surface area (TPSA) is 0 Å². The lowest BCUT2D eigenvalue weighted by Crippen LogP contribution is -1.88. The maximum atomic E-state index is 2.41. The van der Waals surface area contributed by atoms with Crippen molar-refractivity contribution in [1.82, 2.24) is 0 Å². The Morgan fingerprint density at radius 3 is 2.44 bits per heavy atom. The number of halogens is 1. The summed E-state index contributed by atoms with van der Waals surface area (Å²) in [6.07, 6.45) is 3.38. The fraction of sp³-hybridized carbons (Fsp3) is 0.0667. The van der Waals surface area contributed by atoms with Crippen LogP contribution in [0.5, 0.6) is 0 Å². The van der Waals surface area contributed by atoms with Crippen LogP contribution in [-0.2, 0) is 6.42 Å². The number of hydrogen-bond donors (Lipinski definition) is 0. The van der Waals surface area contributed by atoms with Crippen LogP contribution in [0.25, 0.3) is 11.6 Å². The molecular weight excluding hydrogens is 307 g/mol. The highest BCUT2D eigenvalue weighted by atomic mass is 127. The molecule has 0 amide bonds. The van der Waals surface area contributed by atoms with Gasteiger partial charge in [0.1, 0.15) is 0 Å². The minimum atomic E-state index is 1.07. The summed E-state index contributed by atoms with van der Waals surface area (Å²) in [6, 6.07) is 17.2. The van der Waals surface area contributed by atoms with Gasteiger partial charge >= 0.3 is 0 Å². The van der Waals surface area contributed by atoms with E-state index < -0.39 is 0 Å². The van der Waals surface area contributed by atoms with Crippen LogP contribution < -0.4 is 0 Å². The van der Waals surface area contributed by atoms with Crippen LogP contribution in [0.1, 0.15) is 16.7 Å². The molecule has 0 aromatic heterocycles. The second kappa shape index (κ2) is 4.06. The summed E-state index contributed by atoms with van der Waals surface area (Å²) in [5.74, 6) is 0. The van der Waals surface area contributed by atoms with Gasteiger partial charge in [-0.15, -0.1) is 0 Å². The van der Waals surface area contributed by atoms with Crippen LogP contribution in [0.15, 0.2) is 48.5 Å². The molecule has 0 nitrogen and oxygen atoms in total. The number of benzene rings is 2. The Hall–Kier alpha value is -1.09. The van der Waals surface area contributed by atoms with E-state index in [1.165, 1.54) is 25.8 Å². The third-order valence-electron chi connectivity index (χ3n) is 2.99. The van der Waals surface area contributed by atoms with E-state index in [1.807, 2.05) is 0 Å². The van der Waals surface area contributed by atoms with Gasteiger partial charge < -0.3 is 0 Å². The standard InChI is InChI=1S/C15H11I/c16-15-8-4-3-7-14(15)13-9-11-5-1-2-6-12(11)10-13/h1-9H,10H2. The van der Waals surface area contributed by atoms with Crippen molar-refractivity contribution in [3.05, 3.63) is 68.8 Å². The first-order chi connectivity index (χ1) is 7.84. The Morgan fingerprint density at radius 1 is 0.875 bits per heavy atom. The van der Waals surface area contributed by atoms with Crippen molar-refractivity contribution in [3.8, 4) is 0 Å². The third-order valence-corrected chi connectivity index (χ3v) is 3.93. The Kier molecular flexibility index (Phi) is 2.56. The Morgan fingerprint density at radius 2 is 1.62 bits per heavy atom. The highest BCUT2D eigenvalue weighted by molar-refractivity contribution is 14.1. The Bertz CT molecular complexity index is 567. The van der Waals surface area contributed by atoms with E-state index in [0.717, 1.165) is 6.42 Å². The minimum absolute atomic E-state index is 1.07. The molecule has 78 valence electrons. The monoisotopic (exact) mass is 318 g/mol. The smallest absolute Gasteiger partial charge is 0.0205 e. The lowest BCUT2D eigenvalue weighted by atomic mass is 10.0. The van der Waals surface area contributed by atoms with E-state index in [-0.39, 0.29) is 0 Å². The Labute approximate surface area is 109 Å². The first-order valence-corrected chi connectivity index (χ1v) is 6.46. The molecule has 0 saturated heterocycles. The van der Waals surface area contributed by atoms with E-state index >= 15 is 0 Å². The quantitative estimate of drug-likeness (QED) is 0.684. The molecule has 0 bridgehead atoms. The summed E-state index contributed by atoms with van der Waals surface area (Å²) in [6.45, 7) is 0. The van der Waals surface area contributed by atoms with E-state index in [1.54, 1.807) is 0 Å². The summed E-state index contributed by atoms with van der Waals surface area (Å²) < 4.78 is 1.33. The molecule has 1 aliphatic rings. The predicted octanol–water partition coefficient (Wildman–Crippen LogP) is 4.39. The molecule has 0 aliphatic heterocycles. The zero-order valence-corrected chi connectivity index (χ0v) is 10.9. The van der Waals surface area contributed by atoms with Crippen LogP contribution in [-0.4, -0.2) is 0 Å². The highest BCUT2D eigenvalue weighted by Crippen LogP contribution is 2.33. The summed E-state index contributed by atoms with van der Waals surface area (Å²) >= 11 is 2.41. The lowest BCUT2D eigenvalue weighted by Gasteiger charge is -2.04. The van der Waals surface area contributed by atoms with E-state index in [9.17, 15) is 0 Å². The first-order valence-electron chi connectivity index (χ1n) is 5.38. The largest absolute Gasteiger partial charge is 0.0619 e. The first kappa shape index (κ1) is 10.1. The molecule has 1 heteroatoms. The normalized spacial score (nSPS) is 13.4. The Balaban J connectivity index is 2.05. The maximum absolute atomic E-state index is 2.41. The fourth-order valence-electron chi connectivity index (χ4n) is 2.17. The molecule has 2 aromatic carbocycles. The van der Waals surface area contributed by atoms with E-state index in [4.69, 9.17) is 0 Å². The summed E-state index contributed by atoms with van der Waals surface area (Å²) in [5, 5.41) is 0. The van der Waals surface area contributed by atoms with Crippen LogP contribution in [0.4, 0.5) is 0 Å². The van der Waals surface area contributed by atoms with Crippen LogP contribution in [0.2, 0.25) is 0 Å². The molecule has 0 saturated carbocycles. The van der Waals surface area contributed by atoms with Crippen molar-refractivity contribution in [2.75, 3.05) is 0 Å². The van der Waals surface area contributed by atoms with Crippen LogP contribution >= 0.6 is 22.6 Å². The average Bonchev–Trinajstić information content (AvgIpc) is 2.73. The molecule has 1 aliphatic carbocycles. The van der Waals surface area contributed by atoms with Crippen molar-refractivity contribution >= 4 is 34.2 Å². The summed E-state index contributed by atoms with van der Waals surface area (Å²) in [4.78, 5) is 0. The zero-order chi connectivity index (χ0) is 11.0. The number of hydrogen-bond acceptors (Lipinski definition) is 0. The van der Waals surface area contributed by atoms with Crippen molar-refractivity contribution in [3.63, 3.8) is 0 Å². The summed E-state index contributed by atoms with van der Waals surface area (Å²) in [5.41, 5.74) is 5.62.